The van der Waals surface area contributed by atoms with Crippen molar-refractivity contribution in [3.8, 4) is 0 Å². The fraction of sp³-hybridized carbons (Fsp3) is 0.133. The number of ketones is 1. The van der Waals surface area contributed by atoms with E-state index in [1.807, 2.05) is 6.07 Å². The smallest absolute Gasteiger partial charge is 0.230 e. The fourth-order valence-electron chi connectivity index (χ4n) is 1.69. The van der Waals surface area contributed by atoms with Crippen molar-refractivity contribution >= 4 is 17.4 Å². The van der Waals surface area contributed by atoms with Crippen LogP contribution in [0.5, 0.6) is 0 Å². The topological polar surface area (TPSA) is 59.1 Å². The third-order valence-electron chi connectivity index (χ3n) is 2.62. The van der Waals surface area contributed by atoms with E-state index < -0.39 is 0 Å². The first kappa shape index (κ1) is 13.0. The van der Waals surface area contributed by atoms with Gasteiger partial charge in [-0.1, -0.05) is 18.2 Å². The number of anilines is 1. The number of hydrogen-bond donors (Lipinski definition) is 1. The van der Waals surface area contributed by atoms with Gasteiger partial charge < -0.3 is 5.32 Å². The zero-order chi connectivity index (χ0) is 13.7. The van der Waals surface area contributed by atoms with Crippen LogP contribution >= 0.6 is 0 Å². The maximum absolute atomic E-state index is 11.8. The molecular formula is C15H14N2O2. The van der Waals surface area contributed by atoms with Crippen molar-refractivity contribution in [2.45, 2.75) is 13.3 Å². The number of Topliss-reactive ketones (excluding diaryl/α,β-unsaturated/α-hetero) is 1. The molecule has 0 unspecified atom stereocenters. The molecule has 0 fully saturated rings. The molecule has 1 N–H and O–H groups in total. The molecule has 2 aromatic rings. The third kappa shape index (κ3) is 3.74. The molecule has 2 rings (SSSR count). The number of aromatic nitrogens is 1. The molecule has 4 heteroatoms. The summed E-state index contributed by atoms with van der Waals surface area (Å²) in [4.78, 5) is 27.2. The Kier molecular flexibility index (Phi) is 4.03. The number of nitrogens with zero attached hydrogens (tertiary/aromatic N) is 1. The molecule has 0 bridgehead atoms. The van der Waals surface area contributed by atoms with Gasteiger partial charge in [-0.05, 0) is 31.2 Å². The molecule has 0 aliphatic carbocycles. The van der Waals surface area contributed by atoms with Gasteiger partial charge in [-0.15, -0.1) is 0 Å². The predicted molar refractivity (Wildman–Crippen MR) is 73.0 cm³/mol. The van der Waals surface area contributed by atoms with E-state index in [2.05, 4.69) is 10.3 Å². The van der Waals surface area contributed by atoms with Gasteiger partial charge in [0, 0.05) is 23.1 Å². The highest BCUT2D eigenvalue weighted by atomic mass is 16.1. The Balaban J connectivity index is 2.03. The molecule has 0 saturated carbocycles. The van der Waals surface area contributed by atoms with Crippen LogP contribution in [0.1, 0.15) is 23.0 Å². The number of carbonyl (C=O) groups is 2. The van der Waals surface area contributed by atoms with Crippen LogP contribution in [0.4, 0.5) is 5.69 Å². The van der Waals surface area contributed by atoms with Gasteiger partial charge >= 0.3 is 0 Å². The van der Waals surface area contributed by atoms with E-state index in [4.69, 9.17) is 0 Å². The molecule has 0 spiro atoms. The van der Waals surface area contributed by atoms with E-state index in [-0.39, 0.29) is 18.1 Å². The molecule has 96 valence electrons. The van der Waals surface area contributed by atoms with Crippen LogP contribution in [0.3, 0.4) is 0 Å². The highest BCUT2D eigenvalue weighted by molar-refractivity contribution is 5.97. The highest BCUT2D eigenvalue weighted by Crippen LogP contribution is 2.11. The summed E-state index contributed by atoms with van der Waals surface area (Å²) in [7, 11) is 0. The number of nitrogens with one attached hydrogen (secondary N) is 1. The van der Waals surface area contributed by atoms with Crippen LogP contribution in [0, 0.1) is 0 Å². The molecule has 19 heavy (non-hydrogen) atoms. The van der Waals surface area contributed by atoms with Gasteiger partial charge in [0.05, 0.1) is 6.42 Å². The van der Waals surface area contributed by atoms with E-state index in [1.54, 1.807) is 42.6 Å². The van der Waals surface area contributed by atoms with Crippen molar-refractivity contribution < 1.29 is 9.59 Å². The van der Waals surface area contributed by atoms with E-state index in [9.17, 15) is 9.59 Å². The van der Waals surface area contributed by atoms with Crippen LogP contribution < -0.4 is 5.32 Å². The Morgan fingerprint density at radius 2 is 2.00 bits per heavy atom. The lowest BCUT2D eigenvalue weighted by atomic mass is 10.1. The van der Waals surface area contributed by atoms with Gasteiger partial charge in [0.15, 0.2) is 5.78 Å². The Morgan fingerprint density at radius 1 is 1.16 bits per heavy atom. The minimum Gasteiger partial charge on any atom is -0.326 e. The molecule has 1 aromatic carbocycles. The first-order chi connectivity index (χ1) is 9.15. The van der Waals surface area contributed by atoms with Crippen LogP contribution in [0.15, 0.2) is 48.7 Å². The summed E-state index contributed by atoms with van der Waals surface area (Å²) < 4.78 is 0. The number of rotatable bonds is 4. The van der Waals surface area contributed by atoms with Gasteiger partial charge in [0.1, 0.15) is 0 Å². The second-order valence-corrected chi connectivity index (χ2v) is 4.18. The van der Waals surface area contributed by atoms with Gasteiger partial charge in [-0.25, -0.2) is 0 Å². The first-order valence-electron chi connectivity index (χ1n) is 5.96. The Hall–Kier alpha value is -2.49. The minimum atomic E-state index is -0.153. The lowest BCUT2D eigenvalue weighted by Crippen LogP contribution is -2.15. The number of hydrogen-bond acceptors (Lipinski definition) is 3. The zero-order valence-corrected chi connectivity index (χ0v) is 10.6. The summed E-state index contributed by atoms with van der Waals surface area (Å²) >= 11 is 0. The molecule has 1 amide bonds. The minimum absolute atomic E-state index is 0.0270. The van der Waals surface area contributed by atoms with Gasteiger partial charge in [0.25, 0.3) is 0 Å². The zero-order valence-electron chi connectivity index (χ0n) is 10.6. The molecular weight excluding hydrogens is 240 g/mol. The average molecular weight is 254 g/mol. The number of carbonyl (C=O) groups excluding carboxylic acids is 2. The van der Waals surface area contributed by atoms with Crippen LogP contribution in [0.2, 0.25) is 0 Å². The number of pyridine rings is 1. The van der Waals surface area contributed by atoms with Crippen molar-refractivity contribution in [3.63, 3.8) is 0 Å². The molecule has 0 saturated heterocycles. The summed E-state index contributed by atoms with van der Waals surface area (Å²) in [6.45, 7) is 1.49. The molecule has 4 nitrogen and oxygen atoms in total. The standard InChI is InChI=1S/C15H14N2O2/c1-11(18)12-5-4-7-14(9-12)17-15(19)10-13-6-2-3-8-16-13/h2-9H,10H2,1H3,(H,17,19). The average Bonchev–Trinajstić information content (AvgIpc) is 2.40. The number of benzene rings is 1. The van der Waals surface area contributed by atoms with Crippen molar-refractivity contribution in [1.82, 2.24) is 4.98 Å². The molecule has 0 radical (unpaired) electrons. The molecule has 0 atom stereocenters. The molecule has 1 aromatic heterocycles. The van der Waals surface area contributed by atoms with Gasteiger partial charge in [0.2, 0.25) is 5.91 Å². The fourth-order valence-corrected chi connectivity index (χ4v) is 1.69. The van der Waals surface area contributed by atoms with E-state index >= 15 is 0 Å². The summed E-state index contributed by atoms with van der Waals surface area (Å²) in [5.41, 5.74) is 1.91. The second kappa shape index (κ2) is 5.91. The molecule has 1 heterocycles. The van der Waals surface area contributed by atoms with E-state index in [1.165, 1.54) is 6.92 Å². The lowest BCUT2D eigenvalue weighted by Gasteiger charge is -2.06. The predicted octanol–water partition coefficient (Wildman–Crippen LogP) is 2.47. The summed E-state index contributed by atoms with van der Waals surface area (Å²) in [6.07, 6.45) is 1.87. The van der Waals surface area contributed by atoms with Crippen LogP contribution in [0.25, 0.3) is 0 Å². The van der Waals surface area contributed by atoms with Crippen molar-refractivity contribution in [3.05, 3.63) is 59.9 Å². The number of amides is 1. The van der Waals surface area contributed by atoms with Crippen molar-refractivity contribution in [2.75, 3.05) is 5.32 Å². The maximum atomic E-state index is 11.8. The van der Waals surface area contributed by atoms with Crippen molar-refractivity contribution in [1.29, 1.82) is 0 Å². The molecule has 0 aliphatic heterocycles. The normalized spacial score (nSPS) is 9.95. The first-order valence-corrected chi connectivity index (χ1v) is 5.96. The Bertz CT molecular complexity index is 594. The quantitative estimate of drug-likeness (QED) is 0.853. The Labute approximate surface area is 111 Å². The SMILES string of the molecule is CC(=O)c1cccc(NC(=O)Cc2ccccn2)c1. The van der Waals surface area contributed by atoms with Gasteiger partial charge in [-0.3, -0.25) is 14.6 Å². The molecule has 0 aliphatic rings. The Morgan fingerprint density at radius 3 is 2.68 bits per heavy atom. The third-order valence-corrected chi connectivity index (χ3v) is 2.62. The second-order valence-electron chi connectivity index (χ2n) is 4.18. The monoisotopic (exact) mass is 254 g/mol. The maximum Gasteiger partial charge on any atom is 0.230 e. The summed E-state index contributed by atoms with van der Waals surface area (Å²) in [5.74, 6) is -0.180. The van der Waals surface area contributed by atoms with E-state index in [0.717, 1.165) is 0 Å². The largest absolute Gasteiger partial charge is 0.326 e. The lowest BCUT2D eigenvalue weighted by molar-refractivity contribution is -0.115. The summed E-state index contributed by atoms with van der Waals surface area (Å²) in [6, 6.07) is 12.3. The van der Waals surface area contributed by atoms with Crippen molar-refractivity contribution in [2.24, 2.45) is 0 Å². The summed E-state index contributed by atoms with van der Waals surface area (Å²) in [5, 5.41) is 2.75. The van der Waals surface area contributed by atoms with E-state index in [0.29, 0.717) is 16.9 Å². The highest BCUT2D eigenvalue weighted by Gasteiger charge is 2.06. The van der Waals surface area contributed by atoms with Gasteiger partial charge in [-0.2, -0.15) is 0 Å². The van der Waals surface area contributed by atoms with Crippen LogP contribution in [-0.2, 0) is 11.2 Å². The van der Waals surface area contributed by atoms with Crippen LogP contribution in [-0.4, -0.2) is 16.7 Å².